The number of fused-ring (bicyclic) bond motifs is 1. The van der Waals surface area contributed by atoms with Crippen LogP contribution in [0.1, 0.15) is 26.7 Å². The first-order valence-electron chi connectivity index (χ1n) is 9.08. The molecule has 0 radical (unpaired) electrons. The summed E-state index contributed by atoms with van der Waals surface area (Å²) in [5.41, 5.74) is 0.300. The van der Waals surface area contributed by atoms with Crippen LogP contribution in [-0.2, 0) is 19.1 Å². The van der Waals surface area contributed by atoms with Gasteiger partial charge in [0.05, 0.1) is 29.4 Å². The van der Waals surface area contributed by atoms with Crippen molar-refractivity contribution in [2.24, 2.45) is 11.3 Å². The zero-order valence-electron chi connectivity index (χ0n) is 16.2. The number of hydrogen-bond acceptors (Lipinski definition) is 4. The number of allylic oxidation sites excluding steroid dienone is 1. The first-order valence-corrected chi connectivity index (χ1v) is 15.8. The van der Waals surface area contributed by atoms with Crippen LogP contribution in [0.3, 0.4) is 0 Å². The Morgan fingerprint density at radius 2 is 1.62 bits per heavy atom. The zero-order chi connectivity index (χ0) is 18.3. The highest BCUT2D eigenvalue weighted by Gasteiger charge is 2.60. The number of carbonyl (C=O) groups excluding carboxylic acids is 2. The zero-order valence-corrected chi connectivity index (χ0v) is 18.2. The van der Waals surface area contributed by atoms with Crippen LogP contribution in [0.15, 0.2) is 10.4 Å². The van der Waals surface area contributed by atoms with Crippen molar-refractivity contribution in [3.05, 3.63) is 10.4 Å². The third-order valence-electron chi connectivity index (χ3n) is 5.42. The first-order chi connectivity index (χ1) is 11.0. The first kappa shape index (κ1) is 19.4. The van der Waals surface area contributed by atoms with E-state index in [1.54, 1.807) is 18.7 Å². The van der Waals surface area contributed by atoms with Crippen molar-refractivity contribution in [3.63, 3.8) is 0 Å². The Balaban J connectivity index is 2.50. The van der Waals surface area contributed by atoms with Crippen molar-refractivity contribution in [2.75, 3.05) is 13.2 Å². The van der Waals surface area contributed by atoms with E-state index >= 15 is 0 Å². The maximum absolute atomic E-state index is 12.7. The van der Waals surface area contributed by atoms with Gasteiger partial charge in [0.25, 0.3) is 0 Å². The van der Waals surface area contributed by atoms with E-state index in [-0.39, 0.29) is 11.9 Å². The van der Waals surface area contributed by atoms with Crippen LogP contribution in [-0.4, -0.2) is 41.3 Å². The maximum atomic E-state index is 12.7. The number of hydrogen-bond donors (Lipinski definition) is 0. The van der Waals surface area contributed by atoms with Gasteiger partial charge in [-0.1, -0.05) is 43.1 Å². The topological polar surface area (TPSA) is 52.6 Å². The summed E-state index contributed by atoms with van der Waals surface area (Å²) >= 11 is 0. The van der Waals surface area contributed by atoms with Gasteiger partial charge < -0.3 is 9.47 Å². The molecule has 0 N–H and O–H groups in total. The Bertz CT molecular complexity index is 554. The van der Waals surface area contributed by atoms with Gasteiger partial charge in [-0.3, -0.25) is 9.59 Å². The van der Waals surface area contributed by atoms with Crippen LogP contribution >= 0.6 is 0 Å². The van der Waals surface area contributed by atoms with Gasteiger partial charge >= 0.3 is 11.9 Å². The number of rotatable bonds is 5. The van der Waals surface area contributed by atoms with Gasteiger partial charge in [0.2, 0.25) is 0 Å². The normalized spacial score (nSPS) is 24.7. The largest absolute Gasteiger partial charge is 0.465 e. The molecule has 0 amide bonds. The highest BCUT2D eigenvalue weighted by molar-refractivity contribution is 7.05. The molecule has 24 heavy (non-hydrogen) atoms. The molecule has 6 heteroatoms. The average Bonchev–Trinajstić information content (AvgIpc) is 2.88. The Morgan fingerprint density at radius 1 is 1.12 bits per heavy atom. The van der Waals surface area contributed by atoms with Crippen molar-refractivity contribution in [1.29, 1.82) is 0 Å². The molecule has 2 rings (SSSR count). The van der Waals surface area contributed by atoms with E-state index in [0.717, 1.165) is 6.04 Å². The Morgan fingerprint density at radius 3 is 2.04 bits per heavy atom. The SMILES string of the molecule is CCOC(=O)C1(C(=O)OCC)CC2=C([Si](C)(C)C)[Si](C)(C)CC2C1. The molecule has 1 saturated carbocycles. The molecule has 136 valence electrons. The summed E-state index contributed by atoms with van der Waals surface area (Å²) in [7, 11) is -2.91. The van der Waals surface area contributed by atoms with Crippen LogP contribution in [0.4, 0.5) is 0 Å². The second kappa shape index (κ2) is 6.44. The molecule has 1 unspecified atom stereocenters. The van der Waals surface area contributed by atoms with E-state index in [9.17, 15) is 9.59 Å². The highest BCUT2D eigenvalue weighted by Crippen LogP contribution is 2.57. The number of carbonyl (C=O) groups is 2. The molecular formula is C18H32O4Si2. The third kappa shape index (κ3) is 3.15. The molecule has 1 aliphatic heterocycles. The molecule has 0 bridgehead atoms. The van der Waals surface area contributed by atoms with E-state index in [2.05, 4.69) is 32.7 Å². The fourth-order valence-electron chi connectivity index (χ4n) is 5.16. The average molecular weight is 369 g/mol. The van der Waals surface area contributed by atoms with Crippen LogP contribution in [0.25, 0.3) is 0 Å². The second-order valence-corrected chi connectivity index (χ2v) is 19.0. The summed E-state index contributed by atoms with van der Waals surface area (Å²) in [6.07, 6.45) is 1.09. The van der Waals surface area contributed by atoms with Crippen molar-refractivity contribution < 1.29 is 19.1 Å². The Kier molecular flexibility index (Phi) is 5.22. The minimum atomic E-state index is -1.48. The Labute approximate surface area is 148 Å². The van der Waals surface area contributed by atoms with Gasteiger partial charge in [-0.25, -0.2) is 0 Å². The molecule has 0 aromatic heterocycles. The van der Waals surface area contributed by atoms with Gasteiger partial charge in [0, 0.05) is 0 Å². The smallest absolute Gasteiger partial charge is 0.323 e. The standard InChI is InChI=1S/C18H32O4Si2/c1-8-21-16(19)18(17(20)22-9-2)10-13-12-24(6,7)15(14(13)11-18)23(3,4)5/h13H,8-12H2,1-7H3. The Hall–Kier alpha value is -0.886. The second-order valence-electron chi connectivity index (χ2n) is 8.84. The lowest BCUT2D eigenvalue weighted by molar-refractivity contribution is -0.171. The van der Waals surface area contributed by atoms with Crippen molar-refractivity contribution >= 4 is 28.1 Å². The molecule has 0 aromatic carbocycles. The summed E-state index contributed by atoms with van der Waals surface area (Å²) in [5.74, 6) is -0.415. The summed E-state index contributed by atoms with van der Waals surface area (Å²) in [6, 6.07) is 1.16. The number of ether oxygens (including phenoxy) is 2. The summed E-state index contributed by atoms with van der Waals surface area (Å²) in [6.45, 7) is 16.2. The fourth-order valence-corrected chi connectivity index (χ4v) is 17.8. The third-order valence-corrected chi connectivity index (χ3v) is 14.7. The van der Waals surface area contributed by atoms with Gasteiger partial charge in [-0.2, -0.15) is 0 Å². The van der Waals surface area contributed by atoms with Crippen LogP contribution in [0, 0.1) is 11.3 Å². The van der Waals surface area contributed by atoms with Crippen molar-refractivity contribution in [2.45, 2.75) is 65.5 Å². The summed E-state index contributed by atoms with van der Waals surface area (Å²) < 4.78 is 10.6. The van der Waals surface area contributed by atoms with Crippen molar-refractivity contribution in [1.82, 2.24) is 0 Å². The van der Waals surface area contributed by atoms with Crippen molar-refractivity contribution in [3.8, 4) is 0 Å². The van der Waals surface area contributed by atoms with E-state index < -0.39 is 21.6 Å². The minimum absolute atomic E-state index is 0.296. The molecule has 0 spiro atoms. The molecule has 4 nitrogen and oxygen atoms in total. The van der Waals surface area contributed by atoms with Crippen LogP contribution < -0.4 is 0 Å². The molecule has 0 aromatic rings. The molecule has 2 aliphatic rings. The molecular weight excluding hydrogens is 336 g/mol. The molecule has 1 atom stereocenters. The molecule has 0 saturated heterocycles. The maximum Gasteiger partial charge on any atom is 0.323 e. The van der Waals surface area contributed by atoms with E-state index in [0.29, 0.717) is 32.0 Å². The summed E-state index contributed by atoms with van der Waals surface area (Å²) in [5, 5.41) is 0. The van der Waals surface area contributed by atoms with Crippen LogP contribution in [0.5, 0.6) is 0 Å². The monoisotopic (exact) mass is 368 g/mol. The minimum Gasteiger partial charge on any atom is -0.465 e. The number of esters is 2. The predicted octanol–water partition coefficient (Wildman–Crippen LogP) is 3.94. The lowest BCUT2D eigenvalue weighted by Crippen LogP contribution is -2.43. The van der Waals surface area contributed by atoms with E-state index in [1.807, 2.05) is 0 Å². The van der Waals surface area contributed by atoms with E-state index in [1.165, 1.54) is 5.57 Å². The van der Waals surface area contributed by atoms with Gasteiger partial charge in [-0.05, 0) is 38.7 Å². The molecule has 1 aliphatic carbocycles. The summed E-state index contributed by atoms with van der Waals surface area (Å²) in [4.78, 5) is 27.1. The lowest BCUT2D eigenvalue weighted by Gasteiger charge is -2.33. The lowest BCUT2D eigenvalue weighted by atomic mass is 9.85. The molecule has 1 heterocycles. The highest BCUT2D eigenvalue weighted by atomic mass is 28.4. The van der Waals surface area contributed by atoms with Gasteiger partial charge in [-0.15, -0.1) is 0 Å². The fraction of sp³-hybridized carbons (Fsp3) is 0.778. The molecule has 1 fully saturated rings. The van der Waals surface area contributed by atoms with Gasteiger partial charge in [0.15, 0.2) is 5.41 Å². The van der Waals surface area contributed by atoms with E-state index in [4.69, 9.17) is 9.47 Å². The predicted molar refractivity (Wildman–Crippen MR) is 101 cm³/mol. The van der Waals surface area contributed by atoms with Crippen LogP contribution in [0.2, 0.25) is 38.8 Å². The quantitative estimate of drug-likeness (QED) is 0.419. The van der Waals surface area contributed by atoms with Gasteiger partial charge in [0.1, 0.15) is 0 Å².